The van der Waals surface area contributed by atoms with E-state index in [9.17, 15) is 0 Å². The van der Waals surface area contributed by atoms with Gasteiger partial charge in [0.25, 0.3) is 0 Å². The Balaban J connectivity index is 2.33. The van der Waals surface area contributed by atoms with Crippen LogP contribution in [0.2, 0.25) is 0 Å². The van der Waals surface area contributed by atoms with Crippen LogP contribution in [0.5, 0.6) is 0 Å². The number of pyridine rings is 1. The fraction of sp³-hybridized carbons (Fsp3) is 0.571. The molecule has 0 amide bonds. The molecule has 0 radical (unpaired) electrons. The van der Waals surface area contributed by atoms with Crippen molar-refractivity contribution in [3.63, 3.8) is 0 Å². The number of hydrogen-bond donors (Lipinski definition) is 1. The number of morpholine rings is 1. The van der Waals surface area contributed by atoms with Crippen LogP contribution >= 0.6 is 12.2 Å². The van der Waals surface area contributed by atoms with E-state index in [1.54, 1.807) is 0 Å². The molecule has 2 heterocycles. The first-order valence-corrected chi connectivity index (χ1v) is 6.89. The molecule has 1 atom stereocenters. The Hall–Kier alpha value is -1.20. The van der Waals surface area contributed by atoms with Crippen molar-refractivity contribution in [2.75, 3.05) is 18.0 Å². The molecule has 1 aliphatic heterocycles. The summed E-state index contributed by atoms with van der Waals surface area (Å²) in [6, 6.07) is 3.88. The third kappa shape index (κ3) is 3.42. The first-order chi connectivity index (χ1) is 8.77. The van der Waals surface area contributed by atoms with Crippen molar-refractivity contribution in [1.29, 1.82) is 0 Å². The van der Waals surface area contributed by atoms with Crippen molar-refractivity contribution >= 4 is 23.0 Å². The minimum Gasteiger partial charge on any atom is -0.389 e. The van der Waals surface area contributed by atoms with Crippen molar-refractivity contribution in [1.82, 2.24) is 4.98 Å². The number of anilines is 1. The van der Waals surface area contributed by atoms with Gasteiger partial charge in [-0.3, -0.25) is 0 Å². The molecule has 1 aromatic heterocycles. The zero-order valence-corrected chi connectivity index (χ0v) is 12.8. The lowest BCUT2D eigenvalue weighted by atomic mass is 10.1. The van der Waals surface area contributed by atoms with Gasteiger partial charge in [-0.15, -0.1) is 0 Å². The maximum atomic E-state index is 5.91. The largest absolute Gasteiger partial charge is 0.389 e. The summed E-state index contributed by atoms with van der Waals surface area (Å²) in [5.41, 5.74) is 7.35. The van der Waals surface area contributed by atoms with Gasteiger partial charge in [0, 0.05) is 24.3 Å². The zero-order chi connectivity index (χ0) is 14.2. The molecule has 5 heteroatoms. The topological polar surface area (TPSA) is 51.4 Å². The van der Waals surface area contributed by atoms with Crippen LogP contribution in [-0.2, 0) is 4.74 Å². The van der Waals surface area contributed by atoms with Crippen LogP contribution in [0.15, 0.2) is 12.1 Å². The molecule has 1 unspecified atom stereocenters. The van der Waals surface area contributed by atoms with Crippen LogP contribution in [0.4, 0.5) is 5.82 Å². The van der Waals surface area contributed by atoms with Crippen molar-refractivity contribution < 1.29 is 4.74 Å². The molecule has 4 nitrogen and oxygen atoms in total. The SMILES string of the molecule is Cc1cc(C(N)=S)cc(N2CC(C)OC(C)(C)C2)n1. The number of nitrogens with zero attached hydrogens (tertiary/aromatic N) is 2. The van der Waals surface area contributed by atoms with Gasteiger partial charge in [0.15, 0.2) is 0 Å². The summed E-state index contributed by atoms with van der Waals surface area (Å²) in [4.78, 5) is 7.24. The molecule has 1 saturated heterocycles. The Bertz CT molecular complexity index is 501. The van der Waals surface area contributed by atoms with E-state index in [1.807, 2.05) is 19.1 Å². The van der Waals surface area contributed by atoms with Gasteiger partial charge in [-0.05, 0) is 39.8 Å². The molecule has 0 spiro atoms. The third-order valence-electron chi connectivity index (χ3n) is 3.12. The van der Waals surface area contributed by atoms with E-state index in [0.717, 1.165) is 30.2 Å². The molecule has 1 aromatic rings. The maximum absolute atomic E-state index is 5.91. The Labute approximate surface area is 120 Å². The number of aryl methyl sites for hydroxylation is 1. The molecule has 2 rings (SSSR count). The van der Waals surface area contributed by atoms with E-state index >= 15 is 0 Å². The molecular weight excluding hydrogens is 258 g/mol. The number of thiocarbonyl (C=S) groups is 1. The van der Waals surface area contributed by atoms with Crippen molar-refractivity contribution in [2.24, 2.45) is 5.73 Å². The monoisotopic (exact) mass is 279 g/mol. The summed E-state index contributed by atoms with van der Waals surface area (Å²) in [5.74, 6) is 0.922. The van der Waals surface area contributed by atoms with Crippen LogP contribution < -0.4 is 10.6 Å². The van der Waals surface area contributed by atoms with E-state index in [4.69, 9.17) is 22.7 Å². The van der Waals surface area contributed by atoms with Gasteiger partial charge in [-0.2, -0.15) is 0 Å². The van der Waals surface area contributed by atoms with Gasteiger partial charge in [0.1, 0.15) is 10.8 Å². The lowest BCUT2D eigenvalue weighted by molar-refractivity contribution is -0.0751. The Kier molecular flexibility index (Phi) is 3.78. The molecule has 0 aromatic carbocycles. The molecule has 0 saturated carbocycles. The highest BCUT2D eigenvalue weighted by Crippen LogP contribution is 2.25. The van der Waals surface area contributed by atoms with Crippen LogP contribution in [0.25, 0.3) is 0 Å². The summed E-state index contributed by atoms with van der Waals surface area (Å²) < 4.78 is 5.91. The number of rotatable bonds is 2. The first-order valence-electron chi connectivity index (χ1n) is 6.48. The average Bonchev–Trinajstić information content (AvgIpc) is 2.25. The second-order valence-electron chi connectivity index (χ2n) is 5.79. The van der Waals surface area contributed by atoms with E-state index in [0.29, 0.717) is 4.99 Å². The lowest BCUT2D eigenvalue weighted by Gasteiger charge is -2.42. The first kappa shape index (κ1) is 14.2. The number of hydrogen-bond acceptors (Lipinski definition) is 4. The number of nitrogens with two attached hydrogens (primary N) is 1. The van der Waals surface area contributed by atoms with Crippen LogP contribution in [-0.4, -0.2) is 34.8 Å². The Morgan fingerprint density at radius 2 is 2.21 bits per heavy atom. The summed E-state index contributed by atoms with van der Waals surface area (Å²) in [5, 5.41) is 0. The standard InChI is InChI=1S/C14H21N3OS/c1-9-5-11(13(15)19)6-12(16-9)17-7-10(2)18-14(3,4)8-17/h5-6,10H,7-8H2,1-4H3,(H2,15,19). The van der Waals surface area contributed by atoms with Crippen molar-refractivity contribution in [3.8, 4) is 0 Å². The molecule has 19 heavy (non-hydrogen) atoms. The predicted octanol–water partition coefficient (Wildman–Crippen LogP) is 2.03. The Morgan fingerprint density at radius 3 is 2.79 bits per heavy atom. The zero-order valence-electron chi connectivity index (χ0n) is 11.9. The highest BCUT2D eigenvalue weighted by Gasteiger charge is 2.32. The van der Waals surface area contributed by atoms with Gasteiger partial charge in [-0.25, -0.2) is 4.98 Å². The smallest absolute Gasteiger partial charge is 0.129 e. The summed E-state index contributed by atoms with van der Waals surface area (Å²) in [6.45, 7) is 9.87. The van der Waals surface area contributed by atoms with Crippen LogP contribution in [0.1, 0.15) is 32.0 Å². The van der Waals surface area contributed by atoms with E-state index in [2.05, 4.69) is 30.7 Å². The molecule has 2 N–H and O–H groups in total. The van der Waals surface area contributed by atoms with E-state index in [-0.39, 0.29) is 11.7 Å². The Morgan fingerprint density at radius 1 is 1.53 bits per heavy atom. The molecule has 1 aliphatic rings. The molecule has 0 aliphatic carbocycles. The summed E-state index contributed by atoms with van der Waals surface area (Å²) in [6.07, 6.45) is 0.180. The fourth-order valence-corrected chi connectivity index (χ4v) is 2.70. The predicted molar refractivity (Wildman–Crippen MR) is 81.7 cm³/mol. The second kappa shape index (κ2) is 5.06. The molecule has 0 bridgehead atoms. The van der Waals surface area contributed by atoms with Crippen molar-refractivity contribution in [2.45, 2.75) is 39.4 Å². The fourth-order valence-electron chi connectivity index (χ4n) is 2.58. The quantitative estimate of drug-likeness (QED) is 0.840. The minimum absolute atomic E-state index is 0.174. The normalized spacial score (nSPS) is 22.3. The summed E-state index contributed by atoms with van der Waals surface area (Å²) in [7, 11) is 0. The highest BCUT2D eigenvalue weighted by atomic mass is 32.1. The third-order valence-corrected chi connectivity index (χ3v) is 3.35. The minimum atomic E-state index is -0.174. The van der Waals surface area contributed by atoms with Gasteiger partial charge < -0.3 is 15.4 Å². The van der Waals surface area contributed by atoms with Crippen LogP contribution in [0, 0.1) is 6.92 Å². The van der Waals surface area contributed by atoms with Crippen LogP contribution in [0.3, 0.4) is 0 Å². The average molecular weight is 279 g/mol. The van der Waals surface area contributed by atoms with E-state index in [1.165, 1.54) is 0 Å². The second-order valence-corrected chi connectivity index (χ2v) is 6.23. The lowest BCUT2D eigenvalue weighted by Crippen LogP contribution is -2.52. The van der Waals surface area contributed by atoms with Gasteiger partial charge in [0.2, 0.25) is 0 Å². The maximum Gasteiger partial charge on any atom is 0.129 e. The van der Waals surface area contributed by atoms with Gasteiger partial charge in [0.05, 0.1) is 11.7 Å². The molecule has 1 fully saturated rings. The van der Waals surface area contributed by atoms with Gasteiger partial charge >= 0.3 is 0 Å². The van der Waals surface area contributed by atoms with Gasteiger partial charge in [-0.1, -0.05) is 12.2 Å². The highest BCUT2D eigenvalue weighted by molar-refractivity contribution is 7.80. The number of aromatic nitrogens is 1. The number of ether oxygens (including phenoxy) is 1. The molecule has 104 valence electrons. The van der Waals surface area contributed by atoms with Crippen molar-refractivity contribution in [3.05, 3.63) is 23.4 Å². The molecular formula is C14H21N3OS. The summed E-state index contributed by atoms with van der Waals surface area (Å²) >= 11 is 5.06. The van der Waals surface area contributed by atoms with E-state index < -0.39 is 0 Å².